The van der Waals surface area contributed by atoms with Crippen molar-refractivity contribution in [3.05, 3.63) is 26.6 Å². The number of carbonyl (C=O) groups is 2. The van der Waals surface area contributed by atoms with Gasteiger partial charge in [-0.05, 0) is 44.0 Å². The van der Waals surface area contributed by atoms with Crippen molar-refractivity contribution in [1.82, 2.24) is 0 Å². The molecule has 0 bridgehead atoms. The Morgan fingerprint density at radius 2 is 1.81 bits per heavy atom. The second-order valence-corrected chi connectivity index (χ2v) is 4.54. The number of benzene rings is 1. The number of rotatable bonds is 4. The van der Waals surface area contributed by atoms with Crippen LogP contribution in [0.2, 0.25) is 0 Å². The fourth-order valence-corrected chi connectivity index (χ4v) is 2.38. The molecular formula is C9H7Br2NO4. The highest BCUT2D eigenvalue weighted by Gasteiger charge is 2.13. The smallest absolute Gasteiger partial charge is 0.335 e. The van der Waals surface area contributed by atoms with Crippen molar-refractivity contribution >= 4 is 43.7 Å². The van der Waals surface area contributed by atoms with Gasteiger partial charge in [0.25, 0.3) is 5.91 Å². The second kappa shape index (κ2) is 5.31. The van der Waals surface area contributed by atoms with Gasteiger partial charge in [0, 0.05) is 0 Å². The van der Waals surface area contributed by atoms with Crippen LogP contribution < -0.4 is 10.5 Å². The maximum atomic E-state index is 10.7. The maximum absolute atomic E-state index is 10.7. The number of carboxylic acids is 1. The molecule has 0 fully saturated rings. The number of ether oxygens (including phenoxy) is 1. The zero-order chi connectivity index (χ0) is 12.3. The quantitative estimate of drug-likeness (QED) is 0.864. The molecule has 0 spiro atoms. The lowest BCUT2D eigenvalue weighted by atomic mass is 10.2. The molecule has 0 radical (unpaired) electrons. The van der Waals surface area contributed by atoms with Crippen LogP contribution in [-0.4, -0.2) is 23.6 Å². The van der Waals surface area contributed by atoms with Crippen LogP contribution in [0.5, 0.6) is 5.75 Å². The number of hydrogen-bond donors (Lipinski definition) is 2. The summed E-state index contributed by atoms with van der Waals surface area (Å²) in [7, 11) is 0. The third-order valence-electron chi connectivity index (χ3n) is 1.60. The van der Waals surface area contributed by atoms with Crippen LogP contribution in [0.3, 0.4) is 0 Å². The molecule has 0 unspecified atom stereocenters. The highest BCUT2D eigenvalue weighted by molar-refractivity contribution is 9.11. The number of carbonyl (C=O) groups excluding carboxylic acids is 1. The van der Waals surface area contributed by atoms with Crippen LogP contribution in [0.1, 0.15) is 10.4 Å². The minimum atomic E-state index is -1.05. The third-order valence-corrected chi connectivity index (χ3v) is 2.78. The Kier molecular flexibility index (Phi) is 4.31. The summed E-state index contributed by atoms with van der Waals surface area (Å²) >= 11 is 6.29. The lowest BCUT2D eigenvalue weighted by molar-refractivity contribution is -0.119. The highest BCUT2D eigenvalue weighted by atomic mass is 79.9. The van der Waals surface area contributed by atoms with Crippen molar-refractivity contribution < 1.29 is 19.4 Å². The normalized spacial score (nSPS) is 9.88. The Labute approximate surface area is 108 Å². The van der Waals surface area contributed by atoms with Gasteiger partial charge in [0.15, 0.2) is 6.61 Å². The molecular weight excluding hydrogens is 346 g/mol. The number of amides is 1. The summed E-state index contributed by atoms with van der Waals surface area (Å²) < 4.78 is 5.96. The van der Waals surface area contributed by atoms with Crippen LogP contribution in [-0.2, 0) is 4.79 Å². The summed E-state index contributed by atoms with van der Waals surface area (Å²) in [5, 5.41) is 8.79. The van der Waals surface area contributed by atoms with Crippen LogP contribution in [0.15, 0.2) is 21.1 Å². The van der Waals surface area contributed by atoms with E-state index in [0.717, 1.165) is 0 Å². The minimum Gasteiger partial charge on any atom is -0.481 e. The van der Waals surface area contributed by atoms with Crippen LogP contribution in [0.25, 0.3) is 0 Å². The summed E-state index contributed by atoms with van der Waals surface area (Å²) in [6.07, 6.45) is 0. The number of primary amides is 1. The van der Waals surface area contributed by atoms with Crippen LogP contribution >= 0.6 is 31.9 Å². The van der Waals surface area contributed by atoms with Crippen molar-refractivity contribution in [2.75, 3.05) is 6.61 Å². The van der Waals surface area contributed by atoms with Gasteiger partial charge in [-0.25, -0.2) is 4.79 Å². The first-order valence-electron chi connectivity index (χ1n) is 4.05. The van der Waals surface area contributed by atoms with E-state index in [2.05, 4.69) is 31.9 Å². The van der Waals surface area contributed by atoms with E-state index in [1.807, 2.05) is 0 Å². The number of halogens is 2. The van der Waals surface area contributed by atoms with E-state index >= 15 is 0 Å². The molecule has 1 rings (SSSR count). The van der Waals surface area contributed by atoms with Crippen molar-refractivity contribution in [1.29, 1.82) is 0 Å². The molecule has 0 saturated carbocycles. The van der Waals surface area contributed by atoms with E-state index in [-0.39, 0.29) is 12.2 Å². The summed E-state index contributed by atoms with van der Waals surface area (Å²) in [5.74, 6) is -1.33. The molecule has 0 aliphatic carbocycles. The zero-order valence-corrected chi connectivity index (χ0v) is 11.0. The Bertz CT molecular complexity index is 424. The first kappa shape index (κ1) is 13.0. The molecule has 7 heteroatoms. The molecule has 16 heavy (non-hydrogen) atoms. The fourth-order valence-electron chi connectivity index (χ4n) is 0.965. The van der Waals surface area contributed by atoms with Gasteiger partial charge in [-0.1, -0.05) is 0 Å². The van der Waals surface area contributed by atoms with Gasteiger partial charge in [-0.15, -0.1) is 0 Å². The number of hydrogen-bond acceptors (Lipinski definition) is 3. The molecule has 3 N–H and O–H groups in total. The summed E-state index contributed by atoms with van der Waals surface area (Å²) in [5.41, 5.74) is 5.03. The van der Waals surface area contributed by atoms with Crippen molar-refractivity contribution in [2.45, 2.75) is 0 Å². The monoisotopic (exact) mass is 351 g/mol. The van der Waals surface area contributed by atoms with Gasteiger partial charge in [-0.2, -0.15) is 0 Å². The first-order chi connectivity index (χ1) is 7.41. The molecule has 5 nitrogen and oxygen atoms in total. The van der Waals surface area contributed by atoms with Crippen molar-refractivity contribution in [2.24, 2.45) is 5.73 Å². The van der Waals surface area contributed by atoms with Gasteiger partial charge in [0.1, 0.15) is 5.75 Å². The molecule has 0 aliphatic heterocycles. The van der Waals surface area contributed by atoms with Gasteiger partial charge >= 0.3 is 5.97 Å². The predicted octanol–water partition coefficient (Wildman–Crippen LogP) is 1.77. The second-order valence-electron chi connectivity index (χ2n) is 2.83. The van der Waals surface area contributed by atoms with E-state index in [1.54, 1.807) is 0 Å². The number of aromatic carboxylic acids is 1. The van der Waals surface area contributed by atoms with E-state index in [9.17, 15) is 9.59 Å². The summed E-state index contributed by atoms with van der Waals surface area (Å²) in [6, 6.07) is 2.76. The van der Waals surface area contributed by atoms with Gasteiger partial charge in [-0.3, -0.25) is 4.79 Å². The van der Waals surface area contributed by atoms with Crippen molar-refractivity contribution in [3.8, 4) is 5.75 Å². The molecule has 0 aliphatic rings. The maximum Gasteiger partial charge on any atom is 0.335 e. The van der Waals surface area contributed by atoms with Gasteiger partial charge < -0.3 is 15.6 Å². The standard InChI is InChI=1S/C9H7Br2NO4/c10-5-1-4(9(14)15)2-6(11)8(5)16-3-7(12)13/h1-2H,3H2,(H2,12,13)(H,14,15). The van der Waals surface area contributed by atoms with Gasteiger partial charge in [0.2, 0.25) is 0 Å². The molecule has 0 atom stereocenters. The molecule has 1 amide bonds. The minimum absolute atomic E-state index is 0.102. The zero-order valence-electron chi connectivity index (χ0n) is 7.87. The predicted molar refractivity (Wildman–Crippen MR) is 63.5 cm³/mol. The topological polar surface area (TPSA) is 89.6 Å². The molecule has 1 aromatic rings. The van der Waals surface area contributed by atoms with E-state index in [0.29, 0.717) is 14.7 Å². The average Bonchev–Trinajstić information content (AvgIpc) is 2.15. The molecule has 0 aromatic heterocycles. The third kappa shape index (κ3) is 3.21. The van der Waals surface area contributed by atoms with E-state index in [4.69, 9.17) is 15.6 Å². The Balaban J connectivity index is 3.03. The Hall–Kier alpha value is -1.08. The highest BCUT2D eigenvalue weighted by Crippen LogP contribution is 2.34. The molecule has 86 valence electrons. The lowest BCUT2D eigenvalue weighted by Crippen LogP contribution is -2.20. The number of nitrogens with two attached hydrogens (primary N) is 1. The first-order valence-corrected chi connectivity index (χ1v) is 5.64. The molecule has 0 heterocycles. The molecule has 0 saturated heterocycles. The molecule has 1 aromatic carbocycles. The van der Waals surface area contributed by atoms with E-state index < -0.39 is 11.9 Å². The van der Waals surface area contributed by atoms with Gasteiger partial charge in [0.05, 0.1) is 14.5 Å². The lowest BCUT2D eigenvalue weighted by Gasteiger charge is -2.09. The van der Waals surface area contributed by atoms with E-state index in [1.165, 1.54) is 12.1 Å². The van der Waals surface area contributed by atoms with Crippen LogP contribution in [0.4, 0.5) is 0 Å². The fraction of sp³-hybridized carbons (Fsp3) is 0.111. The SMILES string of the molecule is NC(=O)COc1c(Br)cc(C(=O)O)cc1Br. The largest absolute Gasteiger partial charge is 0.481 e. The summed E-state index contributed by atoms with van der Waals surface area (Å²) in [4.78, 5) is 21.3. The van der Waals surface area contributed by atoms with Crippen molar-refractivity contribution in [3.63, 3.8) is 0 Å². The van der Waals surface area contributed by atoms with Crippen LogP contribution in [0, 0.1) is 0 Å². The number of carboxylic acid groups (broad SMARTS) is 1. The Morgan fingerprint density at radius 1 is 1.31 bits per heavy atom. The summed E-state index contributed by atoms with van der Waals surface area (Å²) in [6.45, 7) is -0.274. The Morgan fingerprint density at radius 3 is 2.19 bits per heavy atom. The average molecular weight is 353 g/mol.